The Bertz CT molecular complexity index is 939. The van der Waals surface area contributed by atoms with Crippen molar-refractivity contribution >= 4 is 13.8 Å². The van der Waals surface area contributed by atoms with Crippen molar-refractivity contribution in [3.05, 3.63) is 36.5 Å². The number of phosphoric acid groups is 1. The summed E-state index contributed by atoms with van der Waals surface area (Å²) in [5, 5.41) is 18.3. The Morgan fingerprint density at radius 2 is 1.02 bits per heavy atom. The van der Waals surface area contributed by atoms with Crippen molar-refractivity contribution in [3.8, 4) is 0 Å². The van der Waals surface area contributed by atoms with Crippen LogP contribution >= 0.6 is 7.82 Å². The predicted octanol–water partition coefficient (Wildman–Crippen LogP) is 12.0. The van der Waals surface area contributed by atoms with Gasteiger partial charge in [0.25, 0.3) is 0 Å². The first-order chi connectivity index (χ1) is 26.3. The van der Waals surface area contributed by atoms with E-state index in [0.29, 0.717) is 6.61 Å². The van der Waals surface area contributed by atoms with Gasteiger partial charge in [-0.25, -0.2) is 4.57 Å². The van der Waals surface area contributed by atoms with E-state index in [-0.39, 0.29) is 25.6 Å². The average Bonchev–Trinajstić information content (AvgIpc) is 3.16. The molecular formula is C44H83O9P. The smallest absolute Gasteiger partial charge is 0.457 e. The van der Waals surface area contributed by atoms with E-state index in [1.165, 1.54) is 116 Å². The lowest BCUT2D eigenvalue weighted by Gasteiger charge is -2.20. The Balaban J connectivity index is 4.12. The molecular weight excluding hydrogens is 703 g/mol. The SMILES string of the molecule is CCCC/C=C\CCCCCCCCOCC(COP(=O)(O)OCC(O)CO)OC(=O)CCCCCCCCCCC/C=C\C/C=C\CCCCCCC. The maximum absolute atomic E-state index is 12.6. The molecule has 318 valence electrons. The lowest BCUT2D eigenvalue weighted by Crippen LogP contribution is -2.29. The lowest BCUT2D eigenvalue weighted by atomic mass is 10.1. The largest absolute Gasteiger partial charge is 0.472 e. The number of aliphatic hydroxyl groups excluding tert-OH is 2. The van der Waals surface area contributed by atoms with Crippen LogP contribution in [-0.4, -0.2) is 66.3 Å². The zero-order valence-electron chi connectivity index (χ0n) is 34.7. The van der Waals surface area contributed by atoms with Crippen LogP contribution in [0, 0.1) is 0 Å². The van der Waals surface area contributed by atoms with Crippen LogP contribution in [0.2, 0.25) is 0 Å². The number of unbranched alkanes of at least 4 members (excludes halogenated alkanes) is 22. The number of carbonyl (C=O) groups is 1. The first kappa shape index (κ1) is 52.7. The number of esters is 1. The molecule has 0 aliphatic carbocycles. The maximum atomic E-state index is 12.6. The molecule has 3 unspecified atom stereocenters. The van der Waals surface area contributed by atoms with Crippen molar-refractivity contribution in [3.63, 3.8) is 0 Å². The highest BCUT2D eigenvalue weighted by Crippen LogP contribution is 2.43. The highest BCUT2D eigenvalue weighted by Gasteiger charge is 2.26. The van der Waals surface area contributed by atoms with E-state index in [9.17, 15) is 19.4 Å². The molecule has 0 aromatic rings. The Hall–Kier alpha value is -1.32. The molecule has 0 saturated carbocycles. The second kappa shape index (κ2) is 41.3. The second-order valence-electron chi connectivity index (χ2n) is 14.7. The van der Waals surface area contributed by atoms with Gasteiger partial charge < -0.3 is 24.6 Å². The van der Waals surface area contributed by atoms with Crippen LogP contribution in [-0.2, 0) is 27.9 Å². The first-order valence-electron chi connectivity index (χ1n) is 22.0. The van der Waals surface area contributed by atoms with E-state index in [1.807, 2.05) is 0 Å². The Kier molecular flexibility index (Phi) is 40.3. The quantitative estimate of drug-likeness (QED) is 0.0239. The second-order valence-corrected chi connectivity index (χ2v) is 16.2. The van der Waals surface area contributed by atoms with Gasteiger partial charge in [-0.15, -0.1) is 0 Å². The van der Waals surface area contributed by atoms with E-state index in [1.54, 1.807) is 0 Å². The molecule has 0 aromatic carbocycles. The highest BCUT2D eigenvalue weighted by atomic mass is 31.2. The zero-order chi connectivity index (χ0) is 39.6. The predicted molar refractivity (Wildman–Crippen MR) is 224 cm³/mol. The summed E-state index contributed by atoms with van der Waals surface area (Å²) in [6.07, 6.45) is 43.9. The van der Waals surface area contributed by atoms with E-state index in [0.717, 1.165) is 57.8 Å². The average molecular weight is 787 g/mol. The van der Waals surface area contributed by atoms with Crippen molar-refractivity contribution in [1.82, 2.24) is 0 Å². The fraction of sp³-hybridized carbons (Fsp3) is 0.841. The molecule has 0 rings (SSSR count). The van der Waals surface area contributed by atoms with Crippen molar-refractivity contribution < 1.29 is 43.0 Å². The Labute approximate surface area is 331 Å². The van der Waals surface area contributed by atoms with Crippen LogP contribution in [0.15, 0.2) is 36.5 Å². The molecule has 54 heavy (non-hydrogen) atoms. The molecule has 0 bridgehead atoms. The molecule has 0 radical (unpaired) electrons. The number of phosphoric ester groups is 1. The summed E-state index contributed by atoms with van der Waals surface area (Å²) in [4.78, 5) is 22.6. The van der Waals surface area contributed by atoms with Crippen molar-refractivity contribution in [2.45, 2.75) is 206 Å². The number of carbonyl (C=O) groups excluding carboxylic acids is 1. The Morgan fingerprint density at radius 1 is 0.574 bits per heavy atom. The minimum absolute atomic E-state index is 0.0440. The van der Waals surface area contributed by atoms with Crippen molar-refractivity contribution in [2.24, 2.45) is 0 Å². The fourth-order valence-electron chi connectivity index (χ4n) is 5.90. The molecule has 0 aliphatic heterocycles. The third kappa shape index (κ3) is 40.3. The van der Waals surface area contributed by atoms with E-state index >= 15 is 0 Å². The van der Waals surface area contributed by atoms with E-state index in [2.05, 4.69) is 50.3 Å². The number of hydrogen-bond acceptors (Lipinski definition) is 8. The van der Waals surface area contributed by atoms with Crippen LogP contribution in [0.4, 0.5) is 0 Å². The third-order valence-electron chi connectivity index (χ3n) is 9.30. The summed E-state index contributed by atoms with van der Waals surface area (Å²) in [5.74, 6) is -0.389. The summed E-state index contributed by atoms with van der Waals surface area (Å²) in [6.45, 7) is 3.46. The van der Waals surface area contributed by atoms with E-state index < -0.39 is 33.2 Å². The maximum Gasteiger partial charge on any atom is 0.472 e. The summed E-state index contributed by atoms with van der Waals surface area (Å²) >= 11 is 0. The fourth-order valence-corrected chi connectivity index (χ4v) is 6.69. The van der Waals surface area contributed by atoms with E-state index in [4.69, 9.17) is 23.6 Å². The molecule has 10 heteroatoms. The minimum atomic E-state index is -4.52. The third-order valence-corrected chi connectivity index (χ3v) is 10.2. The molecule has 0 fully saturated rings. The first-order valence-corrected chi connectivity index (χ1v) is 23.5. The van der Waals surface area contributed by atoms with Gasteiger partial charge in [0.15, 0.2) is 0 Å². The molecule has 0 heterocycles. The van der Waals surface area contributed by atoms with Gasteiger partial charge in [0.1, 0.15) is 12.2 Å². The summed E-state index contributed by atoms with van der Waals surface area (Å²) in [5.41, 5.74) is 0. The summed E-state index contributed by atoms with van der Waals surface area (Å²) in [6, 6.07) is 0. The number of allylic oxidation sites excluding steroid dienone is 6. The highest BCUT2D eigenvalue weighted by molar-refractivity contribution is 7.47. The molecule has 0 aromatic heterocycles. The molecule has 0 spiro atoms. The monoisotopic (exact) mass is 787 g/mol. The van der Waals surface area contributed by atoms with Gasteiger partial charge in [-0.3, -0.25) is 13.8 Å². The summed E-state index contributed by atoms with van der Waals surface area (Å²) in [7, 11) is -4.52. The van der Waals surface area contributed by atoms with Crippen LogP contribution in [0.3, 0.4) is 0 Å². The van der Waals surface area contributed by atoms with Gasteiger partial charge in [-0.05, 0) is 64.2 Å². The van der Waals surface area contributed by atoms with Gasteiger partial charge in [-0.1, -0.05) is 159 Å². The van der Waals surface area contributed by atoms with Gasteiger partial charge in [0, 0.05) is 13.0 Å². The van der Waals surface area contributed by atoms with Gasteiger partial charge in [0.05, 0.1) is 26.4 Å². The van der Waals surface area contributed by atoms with Crippen LogP contribution in [0.25, 0.3) is 0 Å². The molecule has 0 amide bonds. The van der Waals surface area contributed by atoms with Crippen molar-refractivity contribution in [1.29, 1.82) is 0 Å². The number of hydrogen-bond donors (Lipinski definition) is 3. The topological polar surface area (TPSA) is 132 Å². The number of rotatable bonds is 42. The standard InChI is InChI=1S/C44H83O9P/c1-3-5-7-9-11-13-15-17-18-19-20-21-22-23-24-25-26-28-30-32-34-36-44(47)53-43(41-52-54(48,49)51-39-42(46)38-45)40-50-37-35-33-31-29-27-16-14-12-10-8-6-4-2/h10,12,15,17,19-20,42-43,45-46H,3-9,11,13-14,16,18,21-41H2,1-2H3,(H,48,49)/b12-10-,17-15-,20-19-. The molecule has 0 aliphatic rings. The van der Waals surface area contributed by atoms with Gasteiger partial charge in [-0.2, -0.15) is 0 Å². The molecule has 3 atom stereocenters. The molecule has 9 nitrogen and oxygen atoms in total. The minimum Gasteiger partial charge on any atom is -0.457 e. The Morgan fingerprint density at radius 3 is 1.56 bits per heavy atom. The van der Waals surface area contributed by atoms with Gasteiger partial charge in [0.2, 0.25) is 0 Å². The molecule has 3 N–H and O–H groups in total. The van der Waals surface area contributed by atoms with Crippen LogP contribution in [0.5, 0.6) is 0 Å². The number of ether oxygens (including phenoxy) is 2. The van der Waals surface area contributed by atoms with Crippen molar-refractivity contribution in [2.75, 3.05) is 33.0 Å². The zero-order valence-corrected chi connectivity index (χ0v) is 35.6. The van der Waals surface area contributed by atoms with Gasteiger partial charge >= 0.3 is 13.8 Å². The van der Waals surface area contributed by atoms with Crippen LogP contribution < -0.4 is 0 Å². The van der Waals surface area contributed by atoms with Crippen LogP contribution in [0.1, 0.15) is 194 Å². The normalized spacial score (nSPS) is 14.4. The summed E-state index contributed by atoms with van der Waals surface area (Å²) < 4.78 is 33.3. The molecule has 0 saturated heterocycles. The number of aliphatic hydroxyl groups is 2. The lowest BCUT2D eigenvalue weighted by molar-refractivity contribution is -0.154.